The third kappa shape index (κ3) is 5.82. The fourth-order valence-electron chi connectivity index (χ4n) is 3.12. The molecule has 9 heteroatoms. The Kier molecular flexibility index (Phi) is 7.55. The zero-order valence-corrected chi connectivity index (χ0v) is 18.7. The van der Waals surface area contributed by atoms with Crippen LogP contribution in [0.15, 0.2) is 53.3 Å². The Morgan fingerprint density at radius 3 is 2.30 bits per heavy atom. The minimum atomic E-state index is -0.807. The van der Waals surface area contributed by atoms with Gasteiger partial charge in [0.25, 0.3) is 11.5 Å². The summed E-state index contributed by atoms with van der Waals surface area (Å²) in [4.78, 5) is 49.3. The van der Waals surface area contributed by atoms with Crippen molar-refractivity contribution in [3.05, 3.63) is 70.1 Å². The summed E-state index contributed by atoms with van der Waals surface area (Å²) in [7, 11) is 0. The van der Waals surface area contributed by atoms with Gasteiger partial charge in [-0.25, -0.2) is 14.3 Å². The van der Waals surface area contributed by atoms with Crippen LogP contribution in [0.5, 0.6) is 0 Å². The van der Waals surface area contributed by atoms with E-state index in [1.807, 2.05) is 6.92 Å². The van der Waals surface area contributed by atoms with Crippen LogP contribution in [0.1, 0.15) is 48.0 Å². The Morgan fingerprint density at radius 2 is 1.67 bits per heavy atom. The van der Waals surface area contributed by atoms with Crippen molar-refractivity contribution >= 4 is 34.3 Å². The molecular weight excluding hydrogens is 426 g/mol. The van der Waals surface area contributed by atoms with Crippen LogP contribution >= 0.6 is 0 Å². The van der Waals surface area contributed by atoms with E-state index >= 15 is 0 Å². The monoisotopic (exact) mass is 451 g/mol. The molecule has 1 amide bonds. The first-order valence-corrected chi connectivity index (χ1v) is 10.6. The Hall–Kier alpha value is -4.01. The first kappa shape index (κ1) is 23.6. The Balaban J connectivity index is 1.67. The molecule has 1 aromatic heterocycles. The Labute approximate surface area is 190 Å². The normalized spacial score (nSPS) is 10.8. The van der Waals surface area contributed by atoms with Crippen LogP contribution in [0.25, 0.3) is 10.8 Å². The number of carbonyl (C=O) groups excluding carboxylic acids is 3. The van der Waals surface area contributed by atoms with Crippen molar-refractivity contribution in [2.24, 2.45) is 0 Å². The molecule has 0 spiro atoms. The third-order valence-electron chi connectivity index (χ3n) is 4.58. The Bertz CT molecular complexity index is 1230. The molecule has 0 fully saturated rings. The smallest absolute Gasteiger partial charge is 0.359 e. The zero-order chi connectivity index (χ0) is 24.0. The molecule has 0 unspecified atom stereocenters. The number of esters is 2. The van der Waals surface area contributed by atoms with Gasteiger partial charge in [0.1, 0.15) is 0 Å². The lowest BCUT2D eigenvalue weighted by Gasteiger charge is -2.11. The van der Waals surface area contributed by atoms with Crippen LogP contribution in [0.2, 0.25) is 0 Å². The number of fused-ring (bicyclic) bond motifs is 1. The summed E-state index contributed by atoms with van der Waals surface area (Å²) in [6.07, 6.45) is 0.426. The largest absolute Gasteiger partial charge is 0.459 e. The molecule has 1 heterocycles. The van der Waals surface area contributed by atoms with Crippen molar-refractivity contribution in [3.63, 3.8) is 0 Å². The molecule has 3 rings (SSSR count). The molecule has 0 aliphatic rings. The summed E-state index contributed by atoms with van der Waals surface area (Å²) in [5.74, 6) is -1.83. The molecule has 0 atom stereocenters. The zero-order valence-electron chi connectivity index (χ0n) is 18.7. The first-order chi connectivity index (χ1) is 15.8. The van der Waals surface area contributed by atoms with Crippen LogP contribution in [0, 0.1) is 0 Å². The highest BCUT2D eigenvalue weighted by Crippen LogP contribution is 2.15. The minimum absolute atomic E-state index is 0.0283. The number of rotatable bonds is 8. The average molecular weight is 451 g/mol. The van der Waals surface area contributed by atoms with Gasteiger partial charge in [0.15, 0.2) is 12.3 Å². The van der Waals surface area contributed by atoms with Gasteiger partial charge in [0.2, 0.25) is 0 Å². The van der Waals surface area contributed by atoms with E-state index in [2.05, 4.69) is 10.4 Å². The number of nitrogens with one attached hydrogen (secondary N) is 1. The van der Waals surface area contributed by atoms with Gasteiger partial charge < -0.3 is 14.8 Å². The highest BCUT2D eigenvalue weighted by molar-refractivity contribution is 6.03. The SMILES string of the molecule is CCCn1nc(C(=O)OCC(=O)Nc2ccc(C(=O)OC(C)C)cc2)c2ccccc2c1=O. The molecule has 172 valence electrons. The predicted molar refractivity (Wildman–Crippen MR) is 122 cm³/mol. The van der Waals surface area contributed by atoms with E-state index in [4.69, 9.17) is 9.47 Å². The van der Waals surface area contributed by atoms with Gasteiger partial charge in [-0.2, -0.15) is 5.10 Å². The lowest BCUT2D eigenvalue weighted by molar-refractivity contribution is -0.119. The topological polar surface area (TPSA) is 117 Å². The number of carbonyl (C=O) groups is 3. The fourth-order valence-corrected chi connectivity index (χ4v) is 3.12. The number of ether oxygens (including phenoxy) is 2. The van der Waals surface area contributed by atoms with Crippen molar-refractivity contribution < 1.29 is 23.9 Å². The van der Waals surface area contributed by atoms with Crippen LogP contribution in [-0.2, 0) is 20.8 Å². The molecule has 9 nitrogen and oxygen atoms in total. The quantitative estimate of drug-likeness (QED) is 0.523. The molecule has 2 aromatic carbocycles. The first-order valence-electron chi connectivity index (χ1n) is 10.6. The molecule has 0 aliphatic heterocycles. The number of aryl methyl sites for hydroxylation is 1. The molecule has 0 bridgehead atoms. The lowest BCUT2D eigenvalue weighted by atomic mass is 10.1. The lowest BCUT2D eigenvalue weighted by Crippen LogP contribution is -2.27. The number of benzene rings is 2. The van der Waals surface area contributed by atoms with E-state index in [0.717, 1.165) is 0 Å². The maximum absolute atomic E-state index is 12.7. The van der Waals surface area contributed by atoms with Gasteiger partial charge in [-0.3, -0.25) is 9.59 Å². The van der Waals surface area contributed by atoms with E-state index in [-0.39, 0.29) is 17.4 Å². The number of hydrogen-bond donors (Lipinski definition) is 1. The molecule has 0 saturated heterocycles. The predicted octanol–water partition coefficient (Wildman–Crippen LogP) is 3.17. The molecular formula is C24H25N3O6. The van der Waals surface area contributed by atoms with Crippen molar-refractivity contribution in [3.8, 4) is 0 Å². The maximum Gasteiger partial charge on any atom is 0.359 e. The highest BCUT2D eigenvalue weighted by Gasteiger charge is 2.19. The van der Waals surface area contributed by atoms with E-state index in [0.29, 0.717) is 35.0 Å². The third-order valence-corrected chi connectivity index (χ3v) is 4.58. The molecule has 0 aliphatic carbocycles. The Morgan fingerprint density at radius 1 is 1.00 bits per heavy atom. The average Bonchev–Trinajstić information content (AvgIpc) is 2.79. The summed E-state index contributed by atoms with van der Waals surface area (Å²) in [5.41, 5.74) is 0.465. The second kappa shape index (κ2) is 10.5. The summed E-state index contributed by atoms with van der Waals surface area (Å²) < 4.78 is 11.5. The van der Waals surface area contributed by atoms with E-state index < -0.39 is 24.5 Å². The van der Waals surface area contributed by atoms with Gasteiger partial charge in [0.05, 0.1) is 17.1 Å². The number of amides is 1. The van der Waals surface area contributed by atoms with Gasteiger partial charge in [-0.05, 0) is 50.6 Å². The van der Waals surface area contributed by atoms with Crippen molar-refractivity contribution in [2.75, 3.05) is 11.9 Å². The molecule has 3 aromatic rings. The van der Waals surface area contributed by atoms with E-state index in [1.165, 1.54) is 16.8 Å². The summed E-state index contributed by atoms with van der Waals surface area (Å²) in [5, 5.41) is 7.46. The van der Waals surface area contributed by atoms with Gasteiger partial charge in [-0.15, -0.1) is 0 Å². The minimum Gasteiger partial charge on any atom is -0.459 e. The van der Waals surface area contributed by atoms with Crippen LogP contribution < -0.4 is 10.9 Å². The van der Waals surface area contributed by atoms with Crippen molar-refractivity contribution in [2.45, 2.75) is 39.8 Å². The van der Waals surface area contributed by atoms with Crippen LogP contribution in [-0.4, -0.2) is 40.3 Å². The maximum atomic E-state index is 12.7. The van der Waals surface area contributed by atoms with E-state index in [1.54, 1.807) is 50.2 Å². The molecule has 33 heavy (non-hydrogen) atoms. The number of hydrogen-bond acceptors (Lipinski definition) is 7. The number of anilines is 1. The van der Waals surface area contributed by atoms with Gasteiger partial charge >= 0.3 is 11.9 Å². The number of nitrogens with zero attached hydrogens (tertiary/aromatic N) is 2. The van der Waals surface area contributed by atoms with E-state index in [9.17, 15) is 19.2 Å². The second-order valence-corrected chi connectivity index (χ2v) is 7.58. The second-order valence-electron chi connectivity index (χ2n) is 7.58. The van der Waals surface area contributed by atoms with Gasteiger partial charge in [0, 0.05) is 17.6 Å². The fraction of sp³-hybridized carbons (Fsp3) is 0.292. The number of aromatic nitrogens is 2. The summed E-state index contributed by atoms with van der Waals surface area (Å²) in [6, 6.07) is 12.8. The molecule has 0 radical (unpaired) electrons. The highest BCUT2D eigenvalue weighted by atomic mass is 16.5. The summed E-state index contributed by atoms with van der Waals surface area (Å²) >= 11 is 0. The summed E-state index contributed by atoms with van der Waals surface area (Å²) in [6.45, 7) is 5.21. The molecule has 1 N–H and O–H groups in total. The van der Waals surface area contributed by atoms with Crippen molar-refractivity contribution in [1.82, 2.24) is 9.78 Å². The van der Waals surface area contributed by atoms with Gasteiger partial charge in [-0.1, -0.05) is 25.1 Å². The molecule has 0 saturated carbocycles. The van der Waals surface area contributed by atoms with Crippen molar-refractivity contribution in [1.29, 1.82) is 0 Å². The van der Waals surface area contributed by atoms with Crippen LogP contribution in [0.4, 0.5) is 5.69 Å². The van der Waals surface area contributed by atoms with Crippen LogP contribution in [0.3, 0.4) is 0 Å². The standard InChI is InChI=1S/C24H25N3O6/c1-4-13-27-22(29)19-8-6-5-7-18(19)21(26-27)24(31)32-14-20(28)25-17-11-9-16(10-12-17)23(30)33-15(2)3/h5-12,15H,4,13-14H2,1-3H3,(H,25,28).